The molecule has 0 amide bonds. The first-order chi connectivity index (χ1) is 52.0. The molecule has 12 rings (SSSR count). The van der Waals surface area contributed by atoms with E-state index in [9.17, 15) is 57.4 Å². The summed E-state index contributed by atoms with van der Waals surface area (Å²) in [6, 6.07) is 29.0. The molecule has 584 valence electrons. The largest absolute Gasteiger partial charge is 0.494 e. The Hall–Kier alpha value is -9.44. The molecule has 6 unspecified atom stereocenters. The average Bonchev–Trinajstić information content (AvgIpc) is 0.905. The first-order valence-corrected chi connectivity index (χ1v) is 37.0. The lowest BCUT2D eigenvalue weighted by atomic mass is 9.92. The number of benzene rings is 5. The predicted molar refractivity (Wildman–Crippen MR) is 406 cm³/mol. The van der Waals surface area contributed by atoms with Gasteiger partial charge in [-0.25, -0.2) is 28.3 Å². The van der Waals surface area contributed by atoms with E-state index in [1.54, 1.807) is 80.6 Å². The molecule has 5 aliphatic carbocycles. The lowest BCUT2D eigenvalue weighted by Crippen LogP contribution is -2.32. The Kier molecular flexibility index (Phi) is 33.0. The molecule has 0 spiro atoms. The van der Waals surface area contributed by atoms with E-state index in [1.165, 1.54) is 91.2 Å². The van der Waals surface area contributed by atoms with Gasteiger partial charge in [0.1, 0.15) is 57.3 Å². The number of carboxylic acids is 1. The number of esters is 1. The monoisotopic (exact) mass is 1610 g/mol. The highest BCUT2D eigenvalue weighted by atomic mass is 79.9. The van der Waals surface area contributed by atoms with Crippen molar-refractivity contribution in [1.29, 1.82) is 0 Å². The summed E-state index contributed by atoms with van der Waals surface area (Å²) >= 11 is 15.0. The molecule has 0 aliphatic heterocycles. The highest BCUT2D eigenvalue weighted by molar-refractivity contribution is 9.10. The van der Waals surface area contributed by atoms with Gasteiger partial charge in [0.05, 0.1) is 80.0 Å². The van der Waals surface area contributed by atoms with Crippen molar-refractivity contribution >= 4 is 85.8 Å². The Labute approximate surface area is 649 Å². The van der Waals surface area contributed by atoms with Crippen molar-refractivity contribution in [1.82, 2.24) is 9.97 Å². The fourth-order valence-electron chi connectivity index (χ4n) is 11.8. The van der Waals surface area contributed by atoms with Crippen molar-refractivity contribution in [3.63, 3.8) is 0 Å². The molecule has 5 aliphatic rings. The molecule has 2 heterocycles. The average molecular weight is 1610 g/mol. The lowest BCUT2D eigenvalue weighted by Gasteiger charge is -2.24. The first-order valence-electron chi connectivity index (χ1n) is 35.3. The second kappa shape index (κ2) is 41.4. The van der Waals surface area contributed by atoms with Gasteiger partial charge in [0.2, 0.25) is 0 Å². The summed E-state index contributed by atoms with van der Waals surface area (Å²) in [5, 5.41) is 30.2. The third-order valence-electron chi connectivity index (χ3n) is 18.3. The number of nitrogens with zero attached hydrogens (tertiary/aromatic N) is 2. The quantitative estimate of drug-likeness (QED) is 0.0278. The number of aromatic nitrogens is 2. The molecule has 28 heteroatoms. The summed E-state index contributed by atoms with van der Waals surface area (Å²) in [7, 11) is 8.70. The number of hydrogen-bond acceptors (Lipinski definition) is 22. The Morgan fingerprint density at radius 2 is 0.862 bits per heavy atom. The van der Waals surface area contributed by atoms with Crippen LogP contribution in [-0.2, 0) is 39.9 Å². The summed E-state index contributed by atoms with van der Waals surface area (Å²) < 4.78 is 75.0. The molecule has 6 atom stereocenters. The number of carboxylic acid groups (broad SMARTS) is 1. The Morgan fingerprint density at radius 1 is 0.486 bits per heavy atom. The van der Waals surface area contributed by atoms with Crippen LogP contribution in [0.15, 0.2) is 115 Å². The maximum absolute atomic E-state index is 13.7. The Morgan fingerprint density at radius 3 is 1.19 bits per heavy atom. The summed E-state index contributed by atoms with van der Waals surface area (Å²) in [5.74, 6) is 1.66. The number of nitrogens with two attached hydrogens (primary N) is 1. The fraction of sp³-hybridized carbons (Fsp3) is 0.407. The number of carbonyl (C=O) groups is 8. The van der Waals surface area contributed by atoms with Crippen LogP contribution >= 0.6 is 39.1 Å². The van der Waals surface area contributed by atoms with Gasteiger partial charge in [-0.15, -0.1) is 0 Å². The molecule has 0 radical (unpaired) electrons. The number of halogens is 5. The van der Waals surface area contributed by atoms with Crippen LogP contribution in [0.3, 0.4) is 0 Å². The van der Waals surface area contributed by atoms with Gasteiger partial charge < -0.3 is 63.7 Å². The number of methoxy groups -OCH3 is 6. The zero-order valence-corrected chi connectivity index (χ0v) is 65.0. The van der Waals surface area contributed by atoms with Gasteiger partial charge in [0.25, 0.3) is 0 Å². The van der Waals surface area contributed by atoms with E-state index in [0.29, 0.717) is 135 Å². The highest BCUT2D eigenvalue weighted by Gasteiger charge is 2.33. The number of rotatable bonds is 22. The number of aliphatic hydroxyl groups is 2. The van der Waals surface area contributed by atoms with Gasteiger partial charge in [-0.3, -0.25) is 28.8 Å². The molecule has 5 aromatic carbocycles. The van der Waals surface area contributed by atoms with Crippen LogP contribution in [0, 0.1) is 11.6 Å². The lowest BCUT2D eigenvalue weighted by molar-refractivity contribution is -0.123. The fourth-order valence-corrected chi connectivity index (χ4v) is 12.7. The van der Waals surface area contributed by atoms with E-state index in [-0.39, 0.29) is 63.0 Å². The maximum atomic E-state index is 13.7. The molecule has 2 aromatic heterocycles. The van der Waals surface area contributed by atoms with Crippen LogP contribution in [0.4, 0.5) is 8.78 Å². The second-order valence-corrected chi connectivity index (χ2v) is 28.2. The number of hydrogen-bond donors (Lipinski definition) is 4. The number of carbonyl (C=O) groups excluding carboxylic acids is 7. The van der Waals surface area contributed by atoms with Gasteiger partial charge in [-0.1, -0.05) is 39.1 Å². The number of pyridine rings is 2. The van der Waals surface area contributed by atoms with E-state index in [1.807, 2.05) is 0 Å². The first kappa shape index (κ1) is 86.8. The van der Waals surface area contributed by atoms with Crippen LogP contribution in [-0.4, -0.2) is 144 Å². The minimum atomic E-state index is -1.45. The molecular weight excluding hydrogens is 1520 g/mol. The second-order valence-electron chi connectivity index (χ2n) is 26.3. The van der Waals surface area contributed by atoms with Crippen molar-refractivity contribution in [2.45, 2.75) is 164 Å². The smallest absolute Gasteiger partial charge is 0.337 e. The number of ketones is 6. The van der Waals surface area contributed by atoms with Crippen molar-refractivity contribution in [2.24, 2.45) is 5.73 Å². The van der Waals surface area contributed by atoms with Crippen LogP contribution < -0.4 is 43.6 Å². The van der Waals surface area contributed by atoms with E-state index in [4.69, 9.17) is 71.9 Å². The van der Waals surface area contributed by atoms with Crippen LogP contribution in [0.1, 0.15) is 172 Å². The minimum absolute atomic E-state index is 0.00709. The van der Waals surface area contributed by atoms with E-state index >= 15 is 0 Å². The van der Waals surface area contributed by atoms with E-state index < -0.39 is 53.1 Å². The Bertz CT molecular complexity index is 4380. The number of aromatic carboxylic acids is 1. The highest BCUT2D eigenvalue weighted by Crippen LogP contribution is 2.39. The van der Waals surface area contributed by atoms with E-state index in [2.05, 4.69) is 30.6 Å². The van der Waals surface area contributed by atoms with Gasteiger partial charge in [0.15, 0.2) is 75.9 Å². The summed E-state index contributed by atoms with van der Waals surface area (Å²) in [4.78, 5) is 100. The molecule has 0 bridgehead atoms. The zero-order valence-electron chi connectivity index (χ0n) is 61.9. The van der Waals surface area contributed by atoms with Crippen LogP contribution in [0.2, 0.25) is 10.0 Å². The normalized spacial score (nSPS) is 18.0. The van der Waals surface area contributed by atoms with Crippen LogP contribution in [0.5, 0.6) is 46.0 Å². The number of Topliss-reactive ketones (excluding diaryl/α,β-unsaturated/α-hetero) is 6. The van der Waals surface area contributed by atoms with Gasteiger partial charge in [-0.05, 0) is 200 Å². The summed E-state index contributed by atoms with van der Waals surface area (Å²) in [6.07, 6.45) is 11.8. The molecule has 0 saturated heterocycles. The van der Waals surface area contributed by atoms with Gasteiger partial charge in [-0.2, -0.15) is 0 Å². The molecule has 7 aromatic rings. The minimum Gasteiger partial charge on any atom is -0.494 e. The van der Waals surface area contributed by atoms with Crippen LogP contribution in [0.25, 0.3) is 22.5 Å². The van der Waals surface area contributed by atoms with Crippen molar-refractivity contribution in [2.75, 3.05) is 49.2 Å². The number of ether oxygens (including phenoxy) is 9. The van der Waals surface area contributed by atoms with Crippen molar-refractivity contribution in [3.05, 3.63) is 165 Å². The summed E-state index contributed by atoms with van der Waals surface area (Å²) in [5.41, 5.74) is 6.43. The topological polar surface area (TPSA) is 332 Å². The van der Waals surface area contributed by atoms with Crippen molar-refractivity contribution in [3.8, 4) is 68.5 Å². The molecular formula is C81H90BrCl2F2N3O20. The third kappa shape index (κ3) is 24.5. The van der Waals surface area contributed by atoms with Crippen molar-refractivity contribution < 1.29 is 105 Å². The molecule has 109 heavy (non-hydrogen) atoms. The molecule has 5 saturated carbocycles. The Balaban J connectivity index is 0.000000199. The molecule has 23 nitrogen and oxygen atoms in total. The standard InChI is InChI=1S/C29H29ClFNO6.C15H16ClFN2O2.C14H16O5.C13H14O5.C5H7BrO.C5H8O/c1-29(35,27-12-11-25(36-2)28(32-27)18-7-9-20(31)19(30)15-18)14-13-21(33)17-8-10-24(26(16-17)37-3)38-23-6-4-5-22(23)34;1-15(20,8-18)13-6-5-12(21-2)14(19-13)9-3-4-11(17)10(16)7-9;1-17-13-8-9(14(16)18-2)6-7-12(13)19-11-5-3-4-10(11)15;1-17-12-7-8(13(15)16)5-6-11(12)18-10-4-2-3-9(10)14;6-4-2-1-3-5(4)7;6-5-3-1-2-4-5/h7-12,15-16,23,35H,4-6,13-14H2,1-3H3;3-7,20H,8,18H2,1-2H3;6-8,11H,3-5H2,1-2H3;5-7,10H,2-4H2,1H3,(H,15,16);4H,1-3H2;1-4H2. The third-order valence-corrected chi connectivity index (χ3v) is 19.9. The zero-order chi connectivity index (χ0) is 79.7. The molecule has 5 N–H and O–H groups in total. The number of alkyl halides is 1. The van der Waals surface area contributed by atoms with Gasteiger partial charge >= 0.3 is 11.9 Å². The SMILES string of the molecule is COC(=O)c1ccc(OC2CCCC2=O)c(OC)c1.COc1cc(C(=O)CCC(C)(O)c2ccc(OC)c(-c3ccc(F)c(Cl)c3)n2)ccc1OC1CCCC1=O.COc1cc(C(=O)O)ccc1OC1CCCC1=O.COc1ccc(C(C)(O)CN)nc1-c1ccc(F)c(Cl)c1.O=C1CCCC1.O=C1CCCC1Br. The predicted octanol–water partition coefficient (Wildman–Crippen LogP) is 15.2. The molecule has 5 fully saturated rings. The van der Waals surface area contributed by atoms with Gasteiger partial charge in [0, 0.05) is 68.2 Å². The summed E-state index contributed by atoms with van der Waals surface area (Å²) in [6.45, 7) is 3.17. The van der Waals surface area contributed by atoms with E-state index in [0.717, 1.165) is 70.6 Å². The maximum Gasteiger partial charge on any atom is 0.337 e.